The average Bonchev–Trinajstić information content (AvgIpc) is 2.94. The Kier molecular flexibility index (Phi) is 4.79. The molecule has 1 saturated carbocycles. The summed E-state index contributed by atoms with van der Waals surface area (Å²) in [5, 5.41) is 11.6. The van der Waals surface area contributed by atoms with Gasteiger partial charge in [0, 0.05) is 5.54 Å². The first-order chi connectivity index (χ1) is 8.64. The lowest BCUT2D eigenvalue weighted by molar-refractivity contribution is -0.138. The maximum absolute atomic E-state index is 11.7. The van der Waals surface area contributed by atoms with E-state index in [1.54, 1.807) is 0 Å². The first-order valence-corrected chi connectivity index (χ1v) is 6.63. The minimum atomic E-state index is -0.982. The number of hydrogen-bond donors (Lipinski definition) is 3. The molecule has 0 saturated heterocycles. The third-order valence-electron chi connectivity index (χ3n) is 3.11. The molecule has 1 unspecified atom stereocenters. The van der Waals surface area contributed by atoms with Crippen molar-refractivity contribution in [2.75, 3.05) is 0 Å². The fraction of sp³-hybridized carbons (Fsp3) is 0.846. The lowest BCUT2D eigenvalue weighted by Crippen LogP contribution is -2.41. The summed E-state index contributed by atoms with van der Waals surface area (Å²) < 4.78 is 5.21. The SMILES string of the molecule is CC(C)(C)OC(=O)NC1(CCCC(N)C(=O)O)CC1. The van der Waals surface area contributed by atoms with Gasteiger partial charge in [-0.3, -0.25) is 4.79 Å². The minimum Gasteiger partial charge on any atom is -0.480 e. The van der Waals surface area contributed by atoms with E-state index in [1.807, 2.05) is 20.8 Å². The molecule has 1 aliphatic rings. The summed E-state index contributed by atoms with van der Waals surface area (Å²) in [7, 11) is 0. The number of nitrogens with two attached hydrogens (primary N) is 1. The summed E-state index contributed by atoms with van der Waals surface area (Å²) in [6, 6.07) is -0.822. The number of carboxylic acid groups (broad SMARTS) is 1. The number of carboxylic acids is 1. The van der Waals surface area contributed by atoms with Crippen molar-refractivity contribution in [1.29, 1.82) is 0 Å². The van der Waals surface area contributed by atoms with Crippen LogP contribution in [0, 0.1) is 0 Å². The number of rotatable bonds is 6. The van der Waals surface area contributed by atoms with Gasteiger partial charge in [-0.1, -0.05) is 0 Å². The van der Waals surface area contributed by atoms with Crippen LogP contribution in [0.25, 0.3) is 0 Å². The van der Waals surface area contributed by atoms with Crippen molar-refractivity contribution in [2.45, 2.75) is 70.1 Å². The molecule has 0 aromatic rings. The van der Waals surface area contributed by atoms with Crippen LogP contribution in [0.1, 0.15) is 52.9 Å². The van der Waals surface area contributed by atoms with Crippen LogP contribution in [0.4, 0.5) is 4.79 Å². The normalized spacial score (nSPS) is 18.5. The summed E-state index contributed by atoms with van der Waals surface area (Å²) >= 11 is 0. The number of alkyl carbamates (subject to hydrolysis) is 1. The number of amides is 1. The molecule has 0 aliphatic heterocycles. The quantitative estimate of drug-likeness (QED) is 0.682. The van der Waals surface area contributed by atoms with Crippen molar-refractivity contribution >= 4 is 12.1 Å². The zero-order chi connectivity index (χ0) is 14.7. The Hall–Kier alpha value is -1.30. The van der Waals surface area contributed by atoms with Crippen molar-refractivity contribution in [1.82, 2.24) is 5.32 Å². The highest BCUT2D eigenvalue weighted by molar-refractivity contribution is 5.73. The Morgan fingerprint density at radius 1 is 1.42 bits per heavy atom. The van der Waals surface area contributed by atoms with Gasteiger partial charge in [-0.2, -0.15) is 0 Å². The molecule has 1 rings (SSSR count). The van der Waals surface area contributed by atoms with E-state index in [0.29, 0.717) is 12.8 Å². The summed E-state index contributed by atoms with van der Waals surface area (Å²) in [6.45, 7) is 5.45. The van der Waals surface area contributed by atoms with Gasteiger partial charge < -0.3 is 20.9 Å². The molecule has 6 nitrogen and oxygen atoms in total. The van der Waals surface area contributed by atoms with Gasteiger partial charge in [0.15, 0.2) is 0 Å². The molecule has 1 aliphatic carbocycles. The van der Waals surface area contributed by atoms with E-state index in [4.69, 9.17) is 15.6 Å². The number of carbonyl (C=O) groups excluding carboxylic acids is 1. The van der Waals surface area contributed by atoms with E-state index >= 15 is 0 Å². The predicted octanol–water partition coefficient (Wildman–Crippen LogP) is 1.63. The fourth-order valence-corrected chi connectivity index (χ4v) is 1.89. The molecular weight excluding hydrogens is 248 g/mol. The molecule has 4 N–H and O–H groups in total. The highest BCUT2D eigenvalue weighted by atomic mass is 16.6. The molecule has 19 heavy (non-hydrogen) atoms. The minimum absolute atomic E-state index is 0.208. The molecule has 110 valence electrons. The lowest BCUT2D eigenvalue weighted by Gasteiger charge is -2.23. The van der Waals surface area contributed by atoms with Crippen molar-refractivity contribution in [3.63, 3.8) is 0 Å². The number of aliphatic carboxylic acids is 1. The molecule has 1 fully saturated rings. The summed E-state index contributed by atoms with van der Waals surface area (Å²) in [5.41, 5.74) is 4.72. The van der Waals surface area contributed by atoms with E-state index in [9.17, 15) is 9.59 Å². The third-order valence-corrected chi connectivity index (χ3v) is 3.11. The molecule has 0 aromatic carbocycles. The van der Waals surface area contributed by atoms with Crippen LogP contribution in [0.15, 0.2) is 0 Å². The number of nitrogens with one attached hydrogen (secondary N) is 1. The first-order valence-electron chi connectivity index (χ1n) is 6.63. The average molecular weight is 272 g/mol. The standard InChI is InChI=1S/C13H24N2O4/c1-12(2,3)19-11(18)15-13(7-8-13)6-4-5-9(14)10(16)17/h9H,4-8,14H2,1-3H3,(H,15,18)(H,16,17). The van der Waals surface area contributed by atoms with E-state index in [-0.39, 0.29) is 5.54 Å². The molecule has 1 atom stereocenters. The molecule has 0 bridgehead atoms. The largest absolute Gasteiger partial charge is 0.480 e. The summed E-state index contributed by atoms with van der Waals surface area (Å²) in [6.07, 6.45) is 3.26. The Morgan fingerprint density at radius 2 is 2.00 bits per heavy atom. The van der Waals surface area contributed by atoms with E-state index in [1.165, 1.54) is 0 Å². The Labute approximate surface area is 113 Å². The summed E-state index contributed by atoms with van der Waals surface area (Å²) in [4.78, 5) is 22.3. The van der Waals surface area contributed by atoms with Gasteiger partial charge in [-0.05, 0) is 52.9 Å². The molecule has 0 heterocycles. The van der Waals surface area contributed by atoms with Gasteiger partial charge in [-0.15, -0.1) is 0 Å². The Bertz CT molecular complexity index is 345. The predicted molar refractivity (Wildman–Crippen MR) is 70.8 cm³/mol. The second-order valence-corrected chi connectivity index (χ2v) is 6.24. The maximum atomic E-state index is 11.7. The van der Waals surface area contributed by atoms with Crippen LogP contribution in [0.3, 0.4) is 0 Å². The Morgan fingerprint density at radius 3 is 2.42 bits per heavy atom. The monoisotopic (exact) mass is 272 g/mol. The molecule has 6 heteroatoms. The fourth-order valence-electron chi connectivity index (χ4n) is 1.89. The highest BCUT2D eigenvalue weighted by Gasteiger charge is 2.44. The zero-order valence-electron chi connectivity index (χ0n) is 11.9. The van der Waals surface area contributed by atoms with Crippen LogP contribution < -0.4 is 11.1 Å². The van der Waals surface area contributed by atoms with Crippen molar-refractivity contribution in [3.05, 3.63) is 0 Å². The molecule has 0 spiro atoms. The number of ether oxygens (including phenoxy) is 1. The maximum Gasteiger partial charge on any atom is 0.408 e. The van der Waals surface area contributed by atoms with Gasteiger partial charge in [0.1, 0.15) is 11.6 Å². The van der Waals surface area contributed by atoms with Gasteiger partial charge in [-0.25, -0.2) is 4.79 Å². The number of carbonyl (C=O) groups is 2. The zero-order valence-corrected chi connectivity index (χ0v) is 11.9. The van der Waals surface area contributed by atoms with E-state index < -0.39 is 23.7 Å². The van der Waals surface area contributed by atoms with Gasteiger partial charge in [0.25, 0.3) is 0 Å². The Balaban J connectivity index is 2.30. The lowest BCUT2D eigenvalue weighted by atomic mass is 10.0. The highest BCUT2D eigenvalue weighted by Crippen LogP contribution is 2.40. The first kappa shape index (κ1) is 15.8. The van der Waals surface area contributed by atoms with Crippen LogP contribution in [-0.4, -0.2) is 34.4 Å². The van der Waals surface area contributed by atoms with Gasteiger partial charge >= 0.3 is 12.1 Å². The van der Waals surface area contributed by atoms with E-state index in [0.717, 1.165) is 19.3 Å². The molecule has 1 amide bonds. The van der Waals surface area contributed by atoms with E-state index in [2.05, 4.69) is 5.32 Å². The topological polar surface area (TPSA) is 102 Å². The summed E-state index contributed by atoms with van der Waals surface area (Å²) in [5.74, 6) is -0.982. The van der Waals surface area contributed by atoms with Crippen molar-refractivity contribution < 1.29 is 19.4 Å². The molecule has 0 radical (unpaired) electrons. The van der Waals surface area contributed by atoms with Crippen LogP contribution in [0.5, 0.6) is 0 Å². The van der Waals surface area contributed by atoms with Crippen LogP contribution in [0.2, 0.25) is 0 Å². The number of hydrogen-bond acceptors (Lipinski definition) is 4. The molecular formula is C13H24N2O4. The van der Waals surface area contributed by atoms with Crippen molar-refractivity contribution in [3.8, 4) is 0 Å². The third kappa shape index (κ3) is 5.92. The van der Waals surface area contributed by atoms with Gasteiger partial charge in [0.2, 0.25) is 0 Å². The van der Waals surface area contributed by atoms with Crippen LogP contribution in [-0.2, 0) is 9.53 Å². The molecule has 0 aromatic heterocycles. The smallest absolute Gasteiger partial charge is 0.408 e. The van der Waals surface area contributed by atoms with Gasteiger partial charge in [0.05, 0.1) is 0 Å². The second-order valence-electron chi connectivity index (χ2n) is 6.24. The second kappa shape index (κ2) is 5.77. The van der Waals surface area contributed by atoms with Crippen molar-refractivity contribution in [2.24, 2.45) is 5.73 Å². The van der Waals surface area contributed by atoms with Crippen LogP contribution >= 0.6 is 0 Å².